The Morgan fingerprint density at radius 3 is 1.64 bits per heavy atom. The van der Waals surface area contributed by atoms with Crippen molar-refractivity contribution >= 4 is 87.4 Å². The smallest absolute Gasteiger partial charge is 0.164 e. The molecule has 274 valence electrons. The number of benzene rings is 9. The van der Waals surface area contributed by atoms with Crippen molar-refractivity contribution in [1.82, 2.24) is 15.0 Å². The van der Waals surface area contributed by atoms with E-state index in [2.05, 4.69) is 127 Å². The van der Waals surface area contributed by atoms with Gasteiger partial charge in [0.25, 0.3) is 0 Å². The second-order valence-electron chi connectivity index (χ2n) is 15.1. The number of aromatic nitrogens is 3. The first-order valence-electron chi connectivity index (χ1n) is 19.7. The maximum absolute atomic E-state index is 6.67. The first-order valence-corrected chi connectivity index (χ1v) is 19.7. The number of fused-ring (bicyclic) bond motifs is 12. The summed E-state index contributed by atoms with van der Waals surface area (Å²) in [5.74, 6) is 1.70. The first kappa shape index (κ1) is 32.0. The zero-order valence-electron chi connectivity index (χ0n) is 31.3. The Bertz CT molecular complexity index is 3870. The van der Waals surface area contributed by atoms with E-state index in [-0.39, 0.29) is 0 Å². The molecule has 4 heterocycles. The van der Waals surface area contributed by atoms with Gasteiger partial charge in [0, 0.05) is 54.4 Å². The molecule has 6 nitrogen and oxygen atoms in total. The van der Waals surface area contributed by atoms with Crippen molar-refractivity contribution in [2.45, 2.75) is 0 Å². The second-order valence-corrected chi connectivity index (χ2v) is 15.1. The molecule has 13 aromatic rings. The van der Waals surface area contributed by atoms with E-state index in [1.165, 1.54) is 0 Å². The van der Waals surface area contributed by atoms with Crippen molar-refractivity contribution < 1.29 is 13.3 Å². The summed E-state index contributed by atoms with van der Waals surface area (Å²) in [5, 5.41) is 10.6. The number of rotatable bonds is 4. The number of nitrogens with zero attached hydrogens (tertiary/aromatic N) is 3. The Morgan fingerprint density at radius 2 is 0.831 bits per heavy atom. The molecule has 0 aliphatic heterocycles. The molecular weight excluding hydrogens is 727 g/mol. The highest BCUT2D eigenvalue weighted by Crippen LogP contribution is 2.45. The van der Waals surface area contributed by atoms with Gasteiger partial charge in [-0.3, -0.25) is 0 Å². The third kappa shape index (κ3) is 4.84. The van der Waals surface area contributed by atoms with Crippen LogP contribution in [-0.4, -0.2) is 15.0 Å². The first-order chi connectivity index (χ1) is 29.2. The predicted molar refractivity (Wildman–Crippen MR) is 238 cm³/mol. The zero-order valence-corrected chi connectivity index (χ0v) is 31.3. The maximum Gasteiger partial charge on any atom is 0.164 e. The van der Waals surface area contributed by atoms with E-state index >= 15 is 0 Å². The highest BCUT2D eigenvalue weighted by atomic mass is 16.3. The lowest BCUT2D eigenvalue weighted by Gasteiger charge is -2.11. The lowest BCUT2D eigenvalue weighted by Crippen LogP contribution is -2.00. The van der Waals surface area contributed by atoms with Crippen molar-refractivity contribution in [3.05, 3.63) is 176 Å². The molecule has 4 aromatic heterocycles. The molecule has 59 heavy (non-hydrogen) atoms. The standard InChI is InChI=1S/C53H29N3O3/c1-2-12-32-28-33(23-22-30(32)10-1)51-54-52(34-25-27-43-41(29-34)36-14-5-6-18-42(36)57-43)56-53(55-51)40-17-9-21-46-49(40)48-38(16-8-20-45(48)58-46)37-15-7-19-44-47(37)39-26-24-31-11-3-4-13-35(31)50(39)59-44/h1-29H. The zero-order chi connectivity index (χ0) is 38.6. The van der Waals surface area contributed by atoms with Crippen LogP contribution in [0.2, 0.25) is 0 Å². The van der Waals surface area contributed by atoms with Gasteiger partial charge in [-0.1, -0.05) is 121 Å². The summed E-state index contributed by atoms with van der Waals surface area (Å²) < 4.78 is 19.5. The minimum atomic E-state index is 0.553. The number of para-hydroxylation sites is 1. The molecule has 0 bridgehead atoms. The van der Waals surface area contributed by atoms with Crippen LogP contribution in [0, 0.1) is 0 Å². The average Bonchev–Trinajstić information content (AvgIpc) is 4.00. The summed E-state index contributed by atoms with van der Waals surface area (Å²) in [6, 6.07) is 60.4. The molecule has 0 spiro atoms. The minimum absolute atomic E-state index is 0.553. The van der Waals surface area contributed by atoms with E-state index in [0.717, 1.165) is 115 Å². The summed E-state index contributed by atoms with van der Waals surface area (Å²) in [5.41, 5.74) is 9.63. The van der Waals surface area contributed by atoms with E-state index in [4.69, 9.17) is 28.2 Å². The van der Waals surface area contributed by atoms with Crippen LogP contribution >= 0.6 is 0 Å². The molecule has 0 N–H and O–H groups in total. The van der Waals surface area contributed by atoms with Crippen LogP contribution in [0.15, 0.2) is 189 Å². The van der Waals surface area contributed by atoms with Gasteiger partial charge in [0.05, 0.1) is 0 Å². The lowest BCUT2D eigenvalue weighted by molar-refractivity contribution is 0.668. The van der Waals surface area contributed by atoms with Gasteiger partial charge >= 0.3 is 0 Å². The lowest BCUT2D eigenvalue weighted by atomic mass is 9.93. The third-order valence-electron chi connectivity index (χ3n) is 11.7. The van der Waals surface area contributed by atoms with Gasteiger partial charge in [0.2, 0.25) is 0 Å². The van der Waals surface area contributed by atoms with Crippen LogP contribution in [-0.2, 0) is 0 Å². The van der Waals surface area contributed by atoms with Gasteiger partial charge in [-0.05, 0) is 81.9 Å². The van der Waals surface area contributed by atoms with E-state index in [1.807, 2.05) is 48.5 Å². The number of hydrogen-bond donors (Lipinski definition) is 0. The minimum Gasteiger partial charge on any atom is -0.456 e. The Balaban J connectivity index is 1.07. The second kappa shape index (κ2) is 12.2. The summed E-state index contributed by atoms with van der Waals surface area (Å²) in [4.78, 5) is 15.7. The highest BCUT2D eigenvalue weighted by molar-refractivity contribution is 6.24. The van der Waals surface area contributed by atoms with Crippen LogP contribution in [0.4, 0.5) is 0 Å². The van der Waals surface area contributed by atoms with E-state index in [1.54, 1.807) is 0 Å². The SMILES string of the molecule is c1ccc2cc(-c3nc(-c4ccc5oc6ccccc6c5c4)nc(-c4cccc5oc6cccc(-c7cccc8oc9c%10ccccc%10ccc9c78)c6c45)n3)ccc2c1. The van der Waals surface area contributed by atoms with Crippen molar-refractivity contribution in [3.63, 3.8) is 0 Å². The summed E-state index contributed by atoms with van der Waals surface area (Å²) in [6.07, 6.45) is 0. The Morgan fingerprint density at radius 1 is 0.288 bits per heavy atom. The molecule has 0 atom stereocenters. The Hall–Kier alpha value is -8.09. The molecule has 0 unspecified atom stereocenters. The molecule has 13 rings (SSSR count). The van der Waals surface area contributed by atoms with Gasteiger partial charge in [-0.15, -0.1) is 0 Å². The maximum atomic E-state index is 6.67. The van der Waals surface area contributed by atoms with E-state index in [9.17, 15) is 0 Å². The molecule has 0 fully saturated rings. The largest absolute Gasteiger partial charge is 0.456 e. The normalized spacial score (nSPS) is 12.1. The van der Waals surface area contributed by atoms with Gasteiger partial charge in [0.15, 0.2) is 17.5 Å². The average molecular weight is 756 g/mol. The van der Waals surface area contributed by atoms with Crippen LogP contribution in [0.1, 0.15) is 0 Å². The van der Waals surface area contributed by atoms with Crippen LogP contribution in [0.25, 0.3) is 133 Å². The fraction of sp³-hybridized carbons (Fsp3) is 0. The summed E-state index contributed by atoms with van der Waals surface area (Å²) in [7, 11) is 0. The molecule has 0 saturated heterocycles. The van der Waals surface area contributed by atoms with Gasteiger partial charge < -0.3 is 13.3 Å². The quantitative estimate of drug-likeness (QED) is 0.178. The Labute approximate surface area is 335 Å². The fourth-order valence-corrected chi connectivity index (χ4v) is 9.00. The molecule has 0 radical (unpaired) electrons. The Kier molecular flexibility index (Phi) is 6.63. The van der Waals surface area contributed by atoms with Crippen molar-refractivity contribution in [3.8, 4) is 45.3 Å². The van der Waals surface area contributed by atoms with Gasteiger partial charge in [0.1, 0.15) is 33.5 Å². The molecule has 0 aliphatic rings. The van der Waals surface area contributed by atoms with E-state index < -0.39 is 0 Å². The molecule has 0 saturated carbocycles. The number of hydrogen-bond acceptors (Lipinski definition) is 6. The van der Waals surface area contributed by atoms with Crippen LogP contribution < -0.4 is 0 Å². The number of furan rings is 3. The highest BCUT2D eigenvalue weighted by Gasteiger charge is 2.23. The monoisotopic (exact) mass is 755 g/mol. The van der Waals surface area contributed by atoms with Gasteiger partial charge in [-0.25, -0.2) is 15.0 Å². The van der Waals surface area contributed by atoms with Crippen LogP contribution in [0.5, 0.6) is 0 Å². The topological polar surface area (TPSA) is 78.1 Å². The predicted octanol–water partition coefficient (Wildman–Crippen LogP) is 14.5. The molecular formula is C53H29N3O3. The van der Waals surface area contributed by atoms with Crippen molar-refractivity contribution in [2.24, 2.45) is 0 Å². The molecule has 9 aromatic carbocycles. The third-order valence-corrected chi connectivity index (χ3v) is 11.7. The summed E-state index contributed by atoms with van der Waals surface area (Å²) in [6.45, 7) is 0. The molecule has 6 heteroatoms. The van der Waals surface area contributed by atoms with Crippen LogP contribution in [0.3, 0.4) is 0 Å². The van der Waals surface area contributed by atoms with Gasteiger partial charge in [-0.2, -0.15) is 0 Å². The van der Waals surface area contributed by atoms with E-state index in [0.29, 0.717) is 17.5 Å². The van der Waals surface area contributed by atoms with Crippen molar-refractivity contribution in [2.75, 3.05) is 0 Å². The fourth-order valence-electron chi connectivity index (χ4n) is 9.00. The molecule has 0 aliphatic carbocycles. The van der Waals surface area contributed by atoms with Crippen molar-refractivity contribution in [1.29, 1.82) is 0 Å². The molecule has 0 amide bonds. The summed E-state index contributed by atoms with van der Waals surface area (Å²) >= 11 is 0.